The van der Waals surface area contributed by atoms with E-state index in [4.69, 9.17) is 15.6 Å². The molecule has 0 aliphatic heterocycles. The van der Waals surface area contributed by atoms with Crippen LogP contribution in [0.1, 0.15) is 22.5 Å². The highest BCUT2D eigenvalue weighted by Gasteiger charge is 2.09. The van der Waals surface area contributed by atoms with Gasteiger partial charge in [0.05, 0.1) is 6.61 Å². The van der Waals surface area contributed by atoms with Crippen LogP contribution < -0.4 is 10.5 Å². The highest BCUT2D eigenvalue weighted by atomic mass is 16.5. The first kappa shape index (κ1) is 13.5. The zero-order valence-electron chi connectivity index (χ0n) is 11.2. The van der Waals surface area contributed by atoms with Crippen molar-refractivity contribution in [2.45, 2.75) is 27.0 Å². The second-order valence-corrected chi connectivity index (χ2v) is 4.43. The van der Waals surface area contributed by atoms with Crippen LogP contribution in [0.2, 0.25) is 0 Å². The molecule has 4 heteroatoms. The molecular formula is C15H18N2O2. The van der Waals surface area contributed by atoms with E-state index in [9.17, 15) is 0 Å². The first-order chi connectivity index (χ1) is 9.13. The summed E-state index contributed by atoms with van der Waals surface area (Å²) in [7, 11) is 0. The molecule has 100 valence electrons. The number of nitrogens with zero attached hydrogens (tertiary/aromatic N) is 1. The Labute approximate surface area is 112 Å². The fraction of sp³-hybridized carbons (Fsp3) is 0.267. The Morgan fingerprint density at radius 1 is 1.21 bits per heavy atom. The van der Waals surface area contributed by atoms with Crippen LogP contribution in [0.3, 0.4) is 0 Å². The number of aromatic nitrogens is 1. The minimum atomic E-state index is 0.0296. The molecule has 1 aromatic heterocycles. The zero-order valence-corrected chi connectivity index (χ0v) is 11.2. The molecule has 0 saturated heterocycles. The monoisotopic (exact) mass is 258 g/mol. The Balaban J connectivity index is 2.31. The van der Waals surface area contributed by atoms with Gasteiger partial charge in [-0.1, -0.05) is 12.1 Å². The third-order valence-corrected chi connectivity index (χ3v) is 2.96. The summed E-state index contributed by atoms with van der Waals surface area (Å²) in [5.74, 6) is 1.46. The number of pyridine rings is 1. The van der Waals surface area contributed by atoms with Gasteiger partial charge in [-0.25, -0.2) is 0 Å². The SMILES string of the molecule is Cc1cc(Oc2ccc(CO)cc2)c(CN)c(C)n1. The number of aryl methyl sites for hydroxylation is 2. The maximum Gasteiger partial charge on any atom is 0.135 e. The van der Waals surface area contributed by atoms with Gasteiger partial charge in [0.25, 0.3) is 0 Å². The Morgan fingerprint density at radius 2 is 1.89 bits per heavy atom. The molecule has 3 N–H and O–H groups in total. The van der Waals surface area contributed by atoms with E-state index in [0.717, 1.165) is 34.0 Å². The topological polar surface area (TPSA) is 68.4 Å². The van der Waals surface area contributed by atoms with Crippen molar-refractivity contribution in [3.63, 3.8) is 0 Å². The van der Waals surface area contributed by atoms with Gasteiger partial charge >= 0.3 is 0 Å². The van der Waals surface area contributed by atoms with Gasteiger partial charge in [0.2, 0.25) is 0 Å². The molecule has 0 aliphatic carbocycles. The molecule has 2 rings (SSSR count). The lowest BCUT2D eigenvalue weighted by molar-refractivity contribution is 0.281. The summed E-state index contributed by atoms with van der Waals surface area (Å²) in [4.78, 5) is 4.38. The van der Waals surface area contributed by atoms with E-state index in [0.29, 0.717) is 6.54 Å². The predicted molar refractivity (Wildman–Crippen MR) is 74.0 cm³/mol. The Hall–Kier alpha value is -1.91. The fourth-order valence-corrected chi connectivity index (χ4v) is 1.95. The summed E-state index contributed by atoms with van der Waals surface area (Å²) in [6, 6.07) is 9.21. The van der Waals surface area contributed by atoms with Crippen molar-refractivity contribution in [1.29, 1.82) is 0 Å². The maximum atomic E-state index is 9.01. The number of ether oxygens (including phenoxy) is 1. The van der Waals surface area contributed by atoms with Crippen molar-refractivity contribution < 1.29 is 9.84 Å². The van der Waals surface area contributed by atoms with Crippen LogP contribution in [0, 0.1) is 13.8 Å². The molecule has 0 aliphatic rings. The quantitative estimate of drug-likeness (QED) is 0.883. The Morgan fingerprint density at radius 3 is 2.47 bits per heavy atom. The summed E-state index contributed by atoms with van der Waals surface area (Å²) in [6.45, 7) is 4.27. The van der Waals surface area contributed by atoms with E-state index >= 15 is 0 Å². The Kier molecular flexibility index (Phi) is 4.14. The van der Waals surface area contributed by atoms with E-state index in [1.807, 2.05) is 44.2 Å². The van der Waals surface area contributed by atoms with Gasteiger partial charge in [-0.2, -0.15) is 0 Å². The number of hydrogen-bond donors (Lipinski definition) is 2. The minimum Gasteiger partial charge on any atom is -0.457 e. The number of nitrogens with two attached hydrogens (primary N) is 1. The Bertz CT molecular complexity index is 565. The molecule has 1 heterocycles. The van der Waals surface area contributed by atoms with Crippen LogP contribution in [0.15, 0.2) is 30.3 Å². The van der Waals surface area contributed by atoms with Crippen LogP contribution in [-0.4, -0.2) is 10.1 Å². The number of rotatable bonds is 4. The molecule has 19 heavy (non-hydrogen) atoms. The van der Waals surface area contributed by atoms with E-state index in [1.54, 1.807) is 0 Å². The highest BCUT2D eigenvalue weighted by Crippen LogP contribution is 2.27. The molecular weight excluding hydrogens is 240 g/mol. The number of aliphatic hydroxyl groups is 1. The predicted octanol–water partition coefficient (Wildman–Crippen LogP) is 2.44. The average molecular weight is 258 g/mol. The molecule has 0 radical (unpaired) electrons. The van der Waals surface area contributed by atoms with Crippen molar-refractivity contribution in [3.8, 4) is 11.5 Å². The second kappa shape index (κ2) is 5.82. The van der Waals surface area contributed by atoms with Crippen molar-refractivity contribution in [2.24, 2.45) is 5.73 Å². The molecule has 0 fully saturated rings. The summed E-state index contributed by atoms with van der Waals surface area (Å²) >= 11 is 0. The van der Waals surface area contributed by atoms with Crippen LogP contribution in [0.25, 0.3) is 0 Å². The van der Waals surface area contributed by atoms with E-state index in [-0.39, 0.29) is 6.61 Å². The molecule has 0 amide bonds. The average Bonchev–Trinajstić information content (AvgIpc) is 2.39. The lowest BCUT2D eigenvalue weighted by Gasteiger charge is -2.13. The molecule has 4 nitrogen and oxygen atoms in total. The summed E-state index contributed by atoms with van der Waals surface area (Å²) in [5, 5.41) is 9.01. The third-order valence-electron chi connectivity index (χ3n) is 2.96. The zero-order chi connectivity index (χ0) is 13.8. The van der Waals surface area contributed by atoms with Gasteiger partial charge in [0.15, 0.2) is 0 Å². The fourth-order valence-electron chi connectivity index (χ4n) is 1.95. The molecule has 0 atom stereocenters. The third kappa shape index (κ3) is 3.10. The van der Waals surface area contributed by atoms with Crippen LogP contribution in [-0.2, 0) is 13.2 Å². The van der Waals surface area contributed by atoms with Gasteiger partial charge < -0.3 is 15.6 Å². The van der Waals surface area contributed by atoms with E-state index in [1.165, 1.54) is 0 Å². The van der Waals surface area contributed by atoms with Gasteiger partial charge in [-0.3, -0.25) is 4.98 Å². The molecule has 0 bridgehead atoms. The maximum absolute atomic E-state index is 9.01. The van der Waals surface area contributed by atoms with E-state index in [2.05, 4.69) is 4.98 Å². The number of hydrogen-bond acceptors (Lipinski definition) is 4. The molecule has 0 unspecified atom stereocenters. The minimum absolute atomic E-state index is 0.0296. The van der Waals surface area contributed by atoms with Crippen LogP contribution in [0.5, 0.6) is 11.5 Å². The van der Waals surface area contributed by atoms with Gasteiger partial charge in [0, 0.05) is 29.6 Å². The normalized spacial score (nSPS) is 10.5. The van der Waals surface area contributed by atoms with Crippen LogP contribution >= 0.6 is 0 Å². The van der Waals surface area contributed by atoms with Gasteiger partial charge in [-0.05, 0) is 31.5 Å². The van der Waals surface area contributed by atoms with Crippen molar-refractivity contribution in [2.75, 3.05) is 0 Å². The molecule has 0 saturated carbocycles. The first-order valence-corrected chi connectivity index (χ1v) is 6.19. The van der Waals surface area contributed by atoms with Crippen molar-refractivity contribution in [3.05, 3.63) is 52.8 Å². The largest absolute Gasteiger partial charge is 0.457 e. The van der Waals surface area contributed by atoms with Crippen molar-refractivity contribution >= 4 is 0 Å². The lowest BCUT2D eigenvalue weighted by atomic mass is 10.1. The van der Waals surface area contributed by atoms with Crippen LogP contribution in [0.4, 0.5) is 0 Å². The van der Waals surface area contributed by atoms with E-state index < -0.39 is 0 Å². The second-order valence-electron chi connectivity index (χ2n) is 4.43. The summed E-state index contributed by atoms with van der Waals surface area (Å²) in [5.41, 5.74) is 9.31. The summed E-state index contributed by atoms with van der Waals surface area (Å²) in [6.07, 6.45) is 0. The number of aliphatic hydroxyl groups excluding tert-OH is 1. The molecule has 2 aromatic rings. The lowest BCUT2D eigenvalue weighted by Crippen LogP contribution is -2.05. The van der Waals surface area contributed by atoms with Gasteiger partial charge in [-0.15, -0.1) is 0 Å². The highest BCUT2D eigenvalue weighted by molar-refractivity contribution is 5.41. The van der Waals surface area contributed by atoms with Gasteiger partial charge in [0.1, 0.15) is 11.5 Å². The molecule has 0 spiro atoms. The van der Waals surface area contributed by atoms with Crippen molar-refractivity contribution in [1.82, 2.24) is 4.98 Å². The smallest absolute Gasteiger partial charge is 0.135 e. The summed E-state index contributed by atoms with van der Waals surface area (Å²) < 4.78 is 5.86. The number of benzene rings is 1. The standard InChI is InChI=1S/C15H18N2O2/c1-10-7-15(14(8-16)11(2)17-10)19-13-5-3-12(9-18)4-6-13/h3-7,18H,8-9,16H2,1-2H3. The molecule has 1 aromatic carbocycles. The first-order valence-electron chi connectivity index (χ1n) is 6.19.